The van der Waals surface area contributed by atoms with E-state index in [9.17, 15) is 14.4 Å². The van der Waals surface area contributed by atoms with Crippen LogP contribution in [0.5, 0.6) is 0 Å². The van der Waals surface area contributed by atoms with Gasteiger partial charge in [-0.05, 0) is 58.0 Å². The maximum absolute atomic E-state index is 12.8. The molecule has 2 aromatic heterocycles. The molecule has 0 bridgehead atoms. The van der Waals surface area contributed by atoms with Crippen LogP contribution in [0.15, 0.2) is 44.4 Å². The van der Waals surface area contributed by atoms with E-state index >= 15 is 0 Å². The maximum atomic E-state index is 12.8. The summed E-state index contributed by atoms with van der Waals surface area (Å²) in [6.45, 7) is 5.44. The molecular formula is C22H27N7O4. The van der Waals surface area contributed by atoms with Crippen LogP contribution >= 0.6 is 0 Å². The molecule has 0 atom stereocenters. The maximum Gasteiger partial charge on any atom is 0.352 e. The fraction of sp³-hybridized carbons (Fsp3) is 0.455. The minimum atomic E-state index is -0.649. The van der Waals surface area contributed by atoms with Crippen molar-refractivity contribution in [1.29, 1.82) is 0 Å². The minimum Gasteiger partial charge on any atom is -0.348 e. The van der Waals surface area contributed by atoms with Gasteiger partial charge in [-0.3, -0.25) is 14.2 Å². The smallest absolute Gasteiger partial charge is 0.348 e. The molecule has 3 heterocycles. The average Bonchev–Trinajstić information content (AvgIpc) is 3.34. The Hall–Kier alpha value is -3.60. The second-order valence-electron chi connectivity index (χ2n) is 7.86. The first-order valence-corrected chi connectivity index (χ1v) is 11.2. The van der Waals surface area contributed by atoms with Crippen molar-refractivity contribution in [3.8, 4) is 17.2 Å². The molecule has 1 fully saturated rings. The van der Waals surface area contributed by atoms with E-state index in [4.69, 9.17) is 4.52 Å². The summed E-state index contributed by atoms with van der Waals surface area (Å²) in [5.41, 5.74) is -0.911. The average molecular weight is 454 g/mol. The lowest BCUT2D eigenvalue weighted by atomic mass is 10.1. The Balaban J connectivity index is 1.50. The zero-order valence-electron chi connectivity index (χ0n) is 18.6. The molecule has 1 amide bonds. The van der Waals surface area contributed by atoms with Gasteiger partial charge in [0.05, 0.1) is 5.69 Å². The number of aromatic nitrogens is 5. The van der Waals surface area contributed by atoms with Crippen LogP contribution in [-0.4, -0.2) is 61.5 Å². The molecule has 0 saturated carbocycles. The number of benzene rings is 1. The molecule has 11 nitrogen and oxygen atoms in total. The number of carbonyl (C=O) groups excluding carboxylic acids is 1. The van der Waals surface area contributed by atoms with Crippen LogP contribution in [0.2, 0.25) is 0 Å². The van der Waals surface area contributed by atoms with Crippen molar-refractivity contribution in [1.82, 2.24) is 34.7 Å². The standard InChI is InChI=1S/C22H27N7O4/c1-2-28-21(31)17(25-29(22(28)32)16-10-5-3-6-11-16)18-24-20(33-26-18)19(30)23-12-9-15-27-13-7-4-8-14-27/h3,5-6,10-11H,2,4,7-9,12-15H2,1H3,(H,23,30). The van der Waals surface area contributed by atoms with Crippen molar-refractivity contribution in [3.05, 3.63) is 57.1 Å². The van der Waals surface area contributed by atoms with Crippen LogP contribution < -0.4 is 16.6 Å². The number of hydrogen-bond acceptors (Lipinski definition) is 8. The zero-order valence-corrected chi connectivity index (χ0v) is 18.6. The van der Waals surface area contributed by atoms with Gasteiger partial charge in [-0.1, -0.05) is 29.8 Å². The second kappa shape index (κ2) is 10.3. The first-order valence-electron chi connectivity index (χ1n) is 11.2. The summed E-state index contributed by atoms with van der Waals surface area (Å²) < 4.78 is 7.21. The van der Waals surface area contributed by atoms with Crippen LogP contribution in [0.1, 0.15) is 43.3 Å². The van der Waals surface area contributed by atoms with Crippen molar-refractivity contribution < 1.29 is 9.32 Å². The Kier molecular flexibility index (Phi) is 7.08. The summed E-state index contributed by atoms with van der Waals surface area (Å²) in [5, 5.41) is 10.7. The first-order chi connectivity index (χ1) is 16.1. The van der Waals surface area contributed by atoms with E-state index in [0.29, 0.717) is 12.2 Å². The monoisotopic (exact) mass is 453 g/mol. The number of likely N-dealkylation sites (tertiary alicyclic amines) is 1. The number of rotatable bonds is 8. The summed E-state index contributed by atoms with van der Waals surface area (Å²) in [5.74, 6) is -0.922. The third kappa shape index (κ3) is 5.08. The molecule has 1 saturated heterocycles. The van der Waals surface area contributed by atoms with Gasteiger partial charge in [-0.15, -0.1) is 0 Å². The van der Waals surface area contributed by atoms with Gasteiger partial charge >= 0.3 is 17.5 Å². The minimum absolute atomic E-state index is 0.141. The normalized spacial score (nSPS) is 14.3. The van der Waals surface area contributed by atoms with E-state index in [0.717, 1.165) is 35.3 Å². The highest BCUT2D eigenvalue weighted by molar-refractivity contribution is 5.89. The lowest BCUT2D eigenvalue weighted by Crippen LogP contribution is -2.41. The summed E-state index contributed by atoms with van der Waals surface area (Å²) in [6.07, 6.45) is 4.55. The highest BCUT2D eigenvalue weighted by Crippen LogP contribution is 2.11. The molecule has 0 unspecified atom stereocenters. The quantitative estimate of drug-likeness (QED) is 0.502. The number of piperidine rings is 1. The van der Waals surface area contributed by atoms with Gasteiger partial charge in [0.25, 0.3) is 5.56 Å². The molecule has 1 aliphatic rings. The highest BCUT2D eigenvalue weighted by Gasteiger charge is 2.22. The number of carbonyl (C=O) groups is 1. The van der Waals surface area contributed by atoms with Crippen LogP contribution in [0.25, 0.3) is 17.2 Å². The number of nitrogens with one attached hydrogen (secondary N) is 1. The van der Waals surface area contributed by atoms with Crippen LogP contribution in [0.3, 0.4) is 0 Å². The largest absolute Gasteiger partial charge is 0.352 e. The van der Waals surface area contributed by atoms with Gasteiger partial charge in [-0.2, -0.15) is 14.8 Å². The number of nitrogens with zero attached hydrogens (tertiary/aromatic N) is 6. The Morgan fingerprint density at radius 3 is 2.61 bits per heavy atom. The van der Waals surface area contributed by atoms with Gasteiger partial charge in [-0.25, -0.2) is 4.79 Å². The number of para-hydroxylation sites is 1. The SMILES string of the molecule is CCn1c(=O)c(-c2noc(C(=O)NCCCN3CCCCC3)n2)nn(-c2ccccc2)c1=O. The number of amides is 1. The molecule has 0 radical (unpaired) electrons. The van der Waals surface area contributed by atoms with Gasteiger partial charge in [0, 0.05) is 13.1 Å². The molecule has 1 aromatic carbocycles. The van der Waals surface area contributed by atoms with Gasteiger partial charge < -0.3 is 14.7 Å². The predicted molar refractivity (Wildman–Crippen MR) is 120 cm³/mol. The molecule has 3 aromatic rings. The first kappa shape index (κ1) is 22.6. The lowest BCUT2D eigenvalue weighted by Gasteiger charge is -2.26. The molecular weight excluding hydrogens is 426 g/mol. The fourth-order valence-corrected chi connectivity index (χ4v) is 3.85. The third-order valence-electron chi connectivity index (χ3n) is 5.59. The molecule has 0 spiro atoms. The summed E-state index contributed by atoms with van der Waals surface area (Å²) in [4.78, 5) is 44.4. The predicted octanol–water partition coefficient (Wildman–Crippen LogP) is 1.07. The fourth-order valence-electron chi connectivity index (χ4n) is 3.85. The molecule has 33 heavy (non-hydrogen) atoms. The summed E-state index contributed by atoms with van der Waals surface area (Å²) in [7, 11) is 0. The van der Waals surface area contributed by atoms with Crippen molar-refractivity contribution in [2.75, 3.05) is 26.2 Å². The molecule has 1 aliphatic heterocycles. The van der Waals surface area contributed by atoms with E-state index < -0.39 is 17.2 Å². The van der Waals surface area contributed by atoms with Gasteiger partial charge in [0.2, 0.25) is 5.82 Å². The van der Waals surface area contributed by atoms with E-state index in [1.54, 1.807) is 31.2 Å². The topological polar surface area (TPSA) is 128 Å². The molecule has 174 valence electrons. The van der Waals surface area contributed by atoms with Crippen molar-refractivity contribution in [2.24, 2.45) is 0 Å². The van der Waals surface area contributed by atoms with Crippen LogP contribution in [-0.2, 0) is 6.54 Å². The van der Waals surface area contributed by atoms with E-state index in [1.807, 2.05) is 6.07 Å². The summed E-state index contributed by atoms with van der Waals surface area (Å²) in [6, 6.07) is 8.71. The Morgan fingerprint density at radius 1 is 1.12 bits per heavy atom. The Bertz CT molecular complexity index is 1210. The highest BCUT2D eigenvalue weighted by atomic mass is 16.5. The number of hydrogen-bond donors (Lipinski definition) is 1. The van der Waals surface area contributed by atoms with Crippen LogP contribution in [0.4, 0.5) is 0 Å². The summed E-state index contributed by atoms with van der Waals surface area (Å²) >= 11 is 0. The van der Waals surface area contributed by atoms with E-state index in [2.05, 4.69) is 25.5 Å². The molecule has 0 aliphatic carbocycles. The van der Waals surface area contributed by atoms with Crippen molar-refractivity contribution in [2.45, 2.75) is 39.2 Å². The zero-order chi connectivity index (χ0) is 23.2. The van der Waals surface area contributed by atoms with E-state index in [-0.39, 0.29) is 24.0 Å². The van der Waals surface area contributed by atoms with Crippen LogP contribution in [0, 0.1) is 0 Å². The van der Waals surface area contributed by atoms with Crippen molar-refractivity contribution >= 4 is 5.91 Å². The third-order valence-corrected chi connectivity index (χ3v) is 5.59. The van der Waals surface area contributed by atoms with Gasteiger partial charge in [0.1, 0.15) is 0 Å². The molecule has 11 heteroatoms. The van der Waals surface area contributed by atoms with Gasteiger partial charge in [0.15, 0.2) is 5.69 Å². The molecule has 1 N–H and O–H groups in total. The Labute approximate surface area is 190 Å². The second-order valence-corrected chi connectivity index (χ2v) is 7.86. The molecule has 4 rings (SSSR count). The Morgan fingerprint density at radius 2 is 1.88 bits per heavy atom. The van der Waals surface area contributed by atoms with E-state index in [1.165, 1.54) is 19.3 Å². The van der Waals surface area contributed by atoms with Crippen molar-refractivity contribution in [3.63, 3.8) is 0 Å². The lowest BCUT2D eigenvalue weighted by molar-refractivity contribution is 0.0907.